The zero-order valence-electron chi connectivity index (χ0n) is 10.6. The maximum absolute atomic E-state index is 4.34. The average molecular weight is 243 g/mol. The molecule has 0 saturated carbocycles. The second kappa shape index (κ2) is 4.76. The summed E-state index contributed by atoms with van der Waals surface area (Å²) in [6, 6.07) is 8.41. The van der Waals surface area contributed by atoms with Crippen molar-refractivity contribution in [2.75, 3.05) is 18.0 Å². The molecule has 0 N–H and O–H groups in total. The third-order valence-electron chi connectivity index (χ3n) is 3.31. The molecule has 0 bridgehead atoms. The minimum Gasteiger partial charge on any atom is -0.372 e. The lowest BCUT2D eigenvalue weighted by Crippen LogP contribution is -2.17. The van der Waals surface area contributed by atoms with Gasteiger partial charge < -0.3 is 4.90 Å². The van der Waals surface area contributed by atoms with Gasteiger partial charge in [-0.05, 0) is 37.1 Å². The van der Waals surface area contributed by atoms with E-state index in [1.807, 2.05) is 13.0 Å². The van der Waals surface area contributed by atoms with Crippen molar-refractivity contribution in [2.45, 2.75) is 26.3 Å². The van der Waals surface area contributed by atoms with Gasteiger partial charge in [-0.25, -0.2) is 0 Å². The van der Waals surface area contributed by atoms with E-state index in [4.69, 9.17) is 0 Å². The molecule has 2 heterocycles. The Bertz CT molecular complexity index is 528. The van der Waals surface area contributed by atoms with Crippen molar-refractivity contribution in [3.05, 3.63) is 24.3 Å². The van der Waals surface area contributed by atoms with Crippen molar-refractivity contribution in [3.8, 4) is 11.4 Å². The number of aromatic nitrogens is 4. The minimum atomic E-state index is 0.706. The zero-order valence-corrected chi connectivity index (χ0v) is 10.6. The Labute approximate surface area is 106 Å². The molecule has 2 aromatic rings. The van der Waals surface area contributed by atoms with E-state index in [0.717, 1.165) is 25.2 Å². The van der Waals surface area contributed by atoms with E-state index >= 15 is 0 Å². The first kappa shape index (κ1) is 11.2. The van der Waals surface area contributed by atoms with Crippen LogP contribution < -0.4 is 4.90 Å². The monoisotopic (exact) mass is 243 g/mol. The number of aryl methyl sites for hydroxylation is 1. The molecule has 3 rings (SSSR count). The van der Waals surface area contributed by atoms with Gasteiger partial charge in [0.25, 0.3) is 0 Å². The van der Waals surface area contributed by atoms with E-state index in [1.165, 1.54) is 18.5 Å². The van der Waals surface area contributed by atoms with Crippen LogP contribution in [0.25, 0.3) is 11.4 Å². The highest BCUT2D eigenvalue weighted by atomic mass is 15.6. The standard InChI is InChI=1S/C13H17N5/c1-2-18-15-13(14-16-18)11-6-5-7-12(10-11)17-8-3-4-9-17/h5-7,10H,2-4,8-9H2,1H3. The Morgan fingerprint density at radius 3 is 2.78 bits per heavy atom. The lowest BCUT2D eigenvalue weighted by atomic mass is 10.2. The van der Waals surface area contributed by atoms with Crippen LogP contribution in [0.15, 0.2) is 24.3 Å². The zero-order chi connectivity index (χ0) is 12.4. The van der Waals surface area contributed by atoms with Crippen molar-refractivity contribution in [1.82, 2.24) is 20.2 Å². The molecular weight excluding hydrogens is 226 g/mol. The molecule has 5 nitrogen and oxygen atoms in total. The molecule has 1 aliphatic rings. The normalized spacial score (nSPS) is 15.3. The van der Waals surface area contributed by atoms with Gasteiger partial charge in [0.2, 0.25) is 5.82 Å². The molecule has 1 saturated heterocycles. The molecule has 94 valence electrons. The molecule has 0 unspecified atom stereocenters. The van der Waals surface area contributed by atoms with E-state index in [9.17, 15) is 0 Å². The van der Waals surface area contributed by atoms with Crippen molar-refractivity contribution >= 4 is 5.69 Å². The molecule has 0 spiro atoms. The number of hydrogen-bond acceptors (Lipinski definition) is 4. The highest BCUT2D eigenvalue weighted by Gasteiger charge is 2.13. The molecule has 0 radical (unpaired) electrons. The van der Waals surface area contributed by atoms with E-state index in [0.29, 0.717) is 5.82 Å². The summed E-state index contributed by atoms with van der Waals surface area (Å²) in [5.41, 5.74) is 2.30. The van der Waals surface area contributed by atoms with Gasteiger partial charge >= 0.3 is 0 Å². The molecule has 0 aliphatic carbocycles. The van der Waals surface area contributed by atoms with Gasteiger partial charge in [-0.1, -0.05) is 12.1 Å². The van der Waals surface area contributed by atoms with Gasteiger partial charge in [-0.3, -0.25) is 0 Å². The van der Waals surface area contributed by atoms with Crippen LogP contribution in [0.4, 0.5) is 5.69 Å². The summed E-state index contributed by atoms with van der Waals surface area (Å²) in [5.74, 6) is 0.706. The first-order valence-corrected chi connectivity index (χ1v) is 6.50. The maximum Gasteiger partial charge on any atom is 0.204 e. The van der Waals surface area contributed by atoms with Gasteiger partial charge in [0, 0.05) is 24.3 Å². The molecule has 1 aromatic heterocycles. The number of nitrogens with zero attached hydrogens (tertiary/aromatic N) is 5. The second-order valence-electron chi connectivity index (χ2n) is 4.55. The average Bonchev–Trinajstić information content (AvgIpc) is 3.10. The summed E-state index contributed by atoms with van der Waals surface area (Å²) in [6.07, 6.45) is 2.57. The Hall–Kier alpha value is -1.91. The first-order valence-electron chi connectivity index (χ1n) is 6.50. The number of tetrazole rings is 1. The van der Waals surface area contributed by atoms with Gasteiger partial charge in [-0.2, -0.15) is 4.80 Å². The van der Waals surface area contributed by atoms with Crippen LogP contribution in [0, 0.1) is 0 Å². The summed E-state index contributed by atoms with van der Waals surface area (Å²) < 4.78 is 0. The van der Waals surface area contributed by atoms with Crippen molar-refractivity contribution < 1.29 is 0 Å². The van der Waals surface area contributed by atoms with Gasteiger partial charge in [-0.15, -0.1) is 10.2 Å². The number of benzene rings is 1. The topological polar surface area (TPSA) is 46.8 Å². The fourth-order valence-corrected chi connectivity index (χ4v) is 2.31. The lowest BCUT2D eigenvalue weighted by Gasteiger charge is -2.17. The second-order valence-corrected chi connectivity index (χ2v) is 4.55. The Morgan fingerprint density at radius 1 is 1.22 bits per heavy atom. The van der Waals surface area contributed by atoms with Crippen molar-refractivity contribution in [2.24, 2.45) is 0 Å². The Morgan fingerprint density at radius 2 is 2.06 bits per heavy atom. The molecule has 1 aliphatic heterocycles. The predicted octanol–water partition coefficient (Wildman–Crippen LogP) is 1.96. The van der Waals surface area contributed by atoms with Crippen LogP contribution in [0.2, 0.25) is 0 Å². The molecule has 0 amide bonds. The van der Waals surface area contributed by atoms with Crippen molar-refractivity contribution in [3.63, 3.8) is 0 Å². The number of hydrogen-bond donors (Lipinski definition) is 0. The van der Waals surface area contributed by atoms with Crippen LogP contribution in [0.1, 0.15) is 19.8 Å². The van der Waals surface area contributed by atoms with E-state index in [-0.39, 0.29) is 0 Å². The van der Waals surface area contributed by atoms with E-state index in [1.54, 1.807) is 4.80 Å². The van der Waals surface area contributed by atoms with Crippen LogP contribution >= 0.6 is 0 Å². The fraction of sp³-hybridized carbons (Fsp3) is 0.462. The predicted molar refractivity (Wildman–Crippen MR) is 70.4 cm³/mol. The SMILES string of the molecule is CCn1nnc(-c2cccc(N3CCCC3)c2)n1. The summed E-state index contributed by atoms with van der Waals surface area (Å²) in [5, 5.41) is 12.4. The largest absolute Gasteiger partial charge is 0.372 e. The first-order chi connectivity index (χ1) is 8.86. The summed E-state index contributed by atoms with van der Waals surface area (Å²) in [6.45, 7) is 5.06. The molecule has 0 atom stereocenters. The molecule has 18 heavy (non-hydrogen) atoms. The maximum atomic E-state index is 4.34. The lowest BCUT2D eigenvalue weighted by molar-refractivity contribution is 0.553. The summed E-state index contributed by atoms with van der Waals surface area (Å²) >= 11 is 0. The van der Waals surface area contributed by atoms with Crippen LogP contribution in [-0.4, -0.2) is 33.3 Å². The molecule has 5 heteroatoms. The summed E-state index contributed by atoms with van der Waals surface area (Å²) in [4.78, 5) is 4.02. The highest BCUT2D eigenvalue weighted by Crippen LogP contribution is 2.24. The van der Waals surface area contributed by atoms with Crippen molar-refractivity contribution in [1.29, 1.82) is 0 Å². The smallest absolute Gasteiger partial charge is 0.204 e. The van der Waals surface area contributed by atoms with Gasteiger partial charge in [0.05, 0.1) is 6.54 Å². The Balaban J connectivity index is 1.90. The third kappa shape index (κ3) is 2.08. The minimum absolute atomic E-state index is 0.706. The molecular formula is C13H17N5. The number of rotatable bonds is 3. The van der Waals surface area contributed by atoms with E-state index < -0.39 is 0 Å². The van der Waals surface area contributed by atoms with Crippen LogP contribution in [0.3, 0.4) is 0 Å². The molecule has 1 fully saturated rings. The van der Waals surface area contributed by atoms with Gasteiger partial charge in [0.15, 0.2) is 0 Å². The van der Waals surface area contributed by atoms with Crippen LogP contribution in [0.5, 0.6) is 0 Å². The highest BCUT2D eigenvalue weighted by molar-refractivity contribution is 5.62. The number of anilines is 1. The van der Waals surface area contributed by atoms with Crippen LogP contribution in [-0.2, 0) is 6.54 Å². The Kier molecular flexibility index (Phi) is 2.96. The fourth-order valence-electron chi connectivity index (χ4n) is 2.31. The third-order valence-corrected chi connectivity index (χ3v) is 3.31. The summed E-state index contributed by atoms with van der Waals surface area (Å²) in [7, 11) is 0. The van der Waals surface area contributed by atoms with Gasteiger partial charge in [0.1, 0.15) is 0 Å². The quantitative estimate of drug-likeness (QED) is 0.826. The molecule has 1 aromatic carbocycles. The van der Waals surface area contributed by atoms with E-state index in [2.05, 4.69) is 38.5 Å².